The Morgan fingerprint density at radius 2 is 2.17 bits per heavy atom. The Morgan fingerprint density at radius 3 is 2.72 bits per heavy atom. The highest BCUT2D eigenvalue weighted by Gasteiger charge is 2.26. The van der Waals surface area contributed by atoms with Gasteiger partial charge in [0.2, 0.25) is 0 Å². The number of hydrogen-bond acceptors (Lipinski definition) is 3. The largest absolute Gasteiger partial charge is 0.481 e. The number of thiophene rings is 1. The van der Waals surface area contributed by atoms with Gasteiger partial charge in [-0.25, -0.2) is 4.79 Å². The lowest BCUT2D eigenvalue weighted by molar-refractivity contribution is -0.143. The number of carbonyl (C=O) groups is 2. The molecule has 0 atom stereocenters. The van der Waals surface area contributed by atoms with Crippen LogP contribution in [0.2, 0.25) is 0 Å². The van der Waals surface area contributed by atoms with Crippen LogP contribution in [0.25, 0.3) is 0 Å². The van der Waals surface area contributed by atoms with Gasteiger partial charge in [-0.15, -0.1) is 11.3 Å². The lowest BCUT2D eigenvalue weighted by atomic mass is 9.97. The van der Waals surface area contributed by atoms with Gasteiger partial charge >= 0.3 is 12.0 Å². The zero-order valence-corrected chi connectivity index (χ0v) is 10.8. The summed E-state index contributed by atoms with van der Waals surface area (Å²) in [5.74, 6) is -1.06. The van der Waals surface area contributed by atoms with E-state index in [2.05, 4.69) is 5.32 Å². The van der Waals surface area contributed by atoms with E-state index in [9.17, 15) is 9.59 Å². The van der Waals surface area contributed by atoms with Crippen molar-refractivity contribution in [1.29, 1.82) is 0 Å². The van der Waals surface area contributed by atoms with Gasteiger partial charge in [0, 0.05) is 18.0 Å². The molecule has 6 heteroatoms. The molecule has 1 aliphatic rings. The van der Waals surface area contributed by atoms with Gasteiger partial charge < -0.3 is 15.3 Å². The minimum absolute atomic E-state index is 0.104. The van der Waals surface area contributed by atoms with Gasteiger partial charge in [-0.3, -0.25) is 4.79 Å². The molecule has 0 bridgehead atoms. The smallest absolute Gasteiger partial charge is 0.317 e. The van der Waals surface area contributed by atoms with E-state index in [1.165, 1.54) is 0 Å². The maximum atomic E-state index is 11.8. The number of likely N-dealkylation sites (tertiary alicyclic amines) is 1. The molecule has 18 heavy (non-hydrogen) atoms. The SMILES string of the molecule is O=C(O)C1CCN(C(=O)NCc2cccs2)CC1. The van der Waals surface area contributed by atoms with E-state index in [1.807, 2.05) is 17.5 Å². The molecule has 1 saturated heterocycles. The number of carbonyl (C=O) groups excluding carboxylic acids is 1. The van der Waals surface area contributed by atoms with Crippen LogP contribution in [-0.4, -0.2) is 35.1 Å². The first-order valence-electron chi connectivity index (χ1n) is 5.95. The third-order valence-electron chi connectivity index (χ3n) is 3.13. The second-order valence-electron chi connectivity index (χ2n) is 4.34. The standard InChI is InChI=1S/C12H16N2O3S/c15-11(16)9-3-5-14(6-4-9)12(17)13-8-10-2-1-7-18-10/h1-2,7,9H,3-6,8H2,(H,13,17)(H,15,16). The molecular weight excluding hydrogens is 252 g/mol. The summed E-state index contributed by atoms with van der Waals surface area (Å²) in [7, 11) is 0. The number of nitrogens with one attached hydrogen (secondary N) is 1. The molecule has 0 aromatic carbocycles. The number of carboxylic acid groups (broad SMARTS) is 1. The molecule has 1 aromatic heterocycles. The third kappa shape index (κ3) is 3.22. The summed E-state index contributed by atoms with van der Waals surface area (Å²) >= 11 is 1.60. The molecule has 1 aliphatic heterocycles. The van der Waals surface area contributed by atoms with Crippen LogP contribution < -0.4 is 5.32 Å². The Labute approximate surface area is 109 Å². The fourth-order valence-corrected chi connectivity index (χ4v) is 2.66. The summed E-state index contributed by atoms with van der Waals surface area (Å²) in [6.07, 6.45) is 1.09. The summed E-state index contributed by atoms with van der Waals surface area (Å²) < 4.78 is 0. The summed E-state index contributed by atoms with van der Waals surface area (Å²) in [6, 6.07) is 3.82. The number of amides is 2. The van der Waals surface area contributed by atoms with Crippen LogP contribution in [0.1, 0.15) is 17.7 Å². The Balaban J connectivity index is 1.75. The summed E-state index contributed by atoms with van der Waals surface area (Å²) in [4.78, 5) is 25.4. The molecular formula is C12H16N2O3S. The molecule has 98 valence electrons. The number of nitrogens with zero attached hydrogens (tertiary/aromatic N) is 1. The maximum absolute atomic E-state index is 11.8. The molecule has 2 amide bonds. The van der Waals surface area contributed by atoms with E-state index in [0.717, 1.165) is 4.88 Å². The van der Waals surface area contributed by atoms with Crippen molar-refractivity contribution in [3.63, 3.8) is 0 Å². The van der Waals surface area contributed by atoms with E-state index < -0.39 is 5.97 Å². The lowest BCUT2D eigenvalue weighted by Gasteiger charge is -2.30. The first-order valence-corrected chi connectivity index (χ1v) is 6.83. The van der Waals surface area contributed by atoms with Crippen LogP contribution in [0.15, 0.2) is 17.5 Å². The van der Waals surface area contributed by atoms with Gasteiger partial charge in [-0.05, 0) is 24.3 Å². The summed E-state index contributed by atoms with van der Waals surface area (Å²) in [6.45, 7) is 1.58. The summed E-state index contributed by atoms with van der Waals surface area (Å²) in [5, 5.41) is 13.7. The van der Waals surface area contributed by atoms with E-state index in [-0.39, 0.29) is 11.9 Å². The first-order chi connectivity index (χ1) is 8.66. The van der Waals surface area contributed by atoms with Crippen molar-refractivity contribution in [3.05, 3.63) is 22.4 Å². The average Bonchev–Trinajstić information content (AvgIpc) is 2.89. The fraction of sp³-hybridized carbons (Fsp3) is 0.500. The van der Waals surface area contributed by atoms with Crippen molar-refractivity contribution < 1.29 is 14.7 Å². The van der Waals surface area contributed by atoms with Crippen molar-refractivity contribution in [2.75, 3.05) is 13.1 Å². The predicted molar refractivity (Wildman–Crippen MR) is 68.5 cm³/mol. The highest BCUT2D eigenvalue weighted by Crippen LogP contribution is 2.17. The lowest BCUT2D eigenvalue weighted by Crippen LogP contribution is -2.45. The van der Waals surface area contributed by atoms with Gasteiger partial charge in [0.05, 0.1) is 12.5 Å². The second-order valence-corrected chi connectivity index (χ2v) is 5.37. The molecule has 0 saturated carbocycles. The molecule has 2 rings (SSSR count). The van der Waals surface area contributed by atoms with Crippen molar-refractivity contribution in [1.82, 2.24) is 10.2 Å². The number of urea groups is 1. The molecule has 2 N–H and O–H groups in total. The quantitative estimate of drug-likeness (QED) is 0.877. The van der Waals surface area contributed by atoms with Crippen LogP contribution >= 0.6 is 11.3 Å². The van der Waals surface area contributed by atoms with Crippen molar-refractivity contribution in [2.24, 2.45) is 5.92 Å². The van der Waals surface area contributed by atoms with Crippen molar-refractivity contribution >= 4 is 23.3 Å². The molecule has 1 aromatic rings. The molecule has 0 unspecified atom stereocenters. The Morgan fingerprint density at radius 1 is 1.44 bits per heavy atom. The van der Waals surface area contributed by atoms with Crippen LogP contribution in [0.3, 0.4) is 0 Å². The van der Waals surface area contributed by atoms with Crippen LogP contribution in [0, 0.1) is 5.92 Å². The third-order valence-corrected chi connectivity index (χ3v) is 4.00. The van der Waals surface area contributed by atoms with E-state index in [0.29, 0.717) is 32.5 Å². The average molecular weight is 268 g/mol. The Kier molecular flexibility index (Phi) is 4.19. The van der Waals surface area contributed by atoms with Crippen molar-refractivity contribution in [2.45, 2.75) is 19.4 Å². The Hall–Kier alpha value is -1.56. The van der Waals surface area contributed by atoms with Crippen LogP contribution in [0.4, 0.5) is 4.79 Å². The predicted octanol–water partition coefficient (Wildman–Crippen LogP) is 1.75. The molecule has 0 radical (unpaired) electrons. The number of rotatable bonds is 3. The number of piperidine rings is 1. The minimum atomic E-state index is -0.756. The van der Waals surface area contributed by atoms with Crippen LogP contribution in [-0.2, 0) is 11.3 Å². The van der Waals surface area contributed by atoms with Gasteiger partial charge in [0.1, 0.15) is 0 Å². The molecule has 1 fully saturated rings. The van der Waals surface area contributed by atoms with E-state index in [1.54, 1.807) is 16.2 Å². The highest BCUT2D eigenvalue weighted by molar-refractivity contribution is 7.09. The maximum Gasteiger partial charge on any atom is 0.317 e. The van der Waals surface area contributed by atoms with Gasteiger partial charge in [0.15, 0.2) is 0 Å². The second kappa shape index (κ2) is 5.86. The Bertz CT molecular complexity index is 411. The first kappa shape index (κ1) is 12.9. The minimum Gasteiger partial charge on any atom is -0.481 e. The molecule has 5 nitrogen and oxygen atoms in total. The zero-order chi connectivity index (χ0) is 13.0. The molecule has 2 heterocycles. The van der Waals surface area contributed by atoms with Gasteiger partial charge in [0.25, 0.3) is 0 Å². The number of hydrogen-bond donors (Lipinski definition) is 2. The van der Waals surface area contributed by atoms with Gasteiger partial charge in [-0.1, -0.05) is 6.07 Å². The van der Waals surface area contributed by atoms with Crippen molar-refractivity contribution in [3.8, 4) is 0 Å². The van der Waals surface area contributed by atoms with E-state index in [4.69, 9.17) is 5.11 Å². The van der Waals surface area contributed by atoms with Crippen LogP contribution in [0.5, 0.6) is 0 Å². The molecule has 0 spiro atoms. The number of carboxylic acids is 1. The molecule has 0 aliphatic carbocycles. The van der Waals surface area contributed by atoms with Gasteiger partial charge in [-0.2, -0.15) is 0 Å². The topological polar surface area (TPSA) is 69.6 Å². The number of aliphatic carboxylic acids is 1. The normalized spacial score (nSPS) is 16.6. The van der Waals surface area contributed by atoms with E-state index >= 15 is 0 Å². The summed E-state index contributed by atoms with van der Waals surface area (Å²) in [5.41, 5.74) is 0. The fourth-order valence-electron chi connectivity index (χ4n) is 2.02. The monoisotopic (exact) mass is 268 g/mol. The zero-order valence-electron chi connectivity index (χ0n) is 9.96. The highest BCUT2D eigenvalue weighted by atomic mass is 32.1.